The molecular formula is C19H16ClF2NO. The van der Waals surface area contributed by atoms with Crippen LogP contribution < -0.4 is 4.90 Å². The van der Waals surface area contributed by atoms with Crippen LogP contribution in [0.25, 0.3) is 6.08 Å². The molecule has 1 unspecified atom stereocenters. The summed E-state index contributed by atoms with van der Waals surface area (Å²) in [6, 6.07) is 8.76. The minimum Gasteiger partial charge on any atom is -0.306 e. The monoisotopic (exact) mass is 347 g/mol. The van der Waals surface area contributed by atoms with E-state index in [0.29, 0.717) is 5.69 Å². The summed E-state index contributed by atoms with van der Waals surface area (Å²) in [6.07, 6.45) is 4.15. The lowest BCUT2D eigenvalue weighted by molar-refractivity contribution is -0.114. The summed E-state index contributed by atoms with van der Waals surface area (Å²) < 4.78 is 27.2. The van der Waals surface area contributed by atoms with E-state index in [0.717, 1.165) is 18.4 Å². The van der Waals surface area contributed by atoms with E-state index in [1.807, 2.05) is 6.92 Å². The second-order valence-corrected chi connectivity index (χ2v) is 6.24. The highest BCUT2D eigenvalue weighted by Crippen LogP contribution is 2.31. The Kier molecular flexibility index (Phi) is 4.67. The number of carbonyl (C=O) groups is 1. The van der Waals surface area contributed by atoms with Crippen molar-refractivity contribution < 1.29 is 13.6 Å². The van der Waals surface area contributed by atoms with Crippen molar-refractivity contribution in [1.82, 2.24) is 0 Å². The Morgan fingerprint density at radius 3 is 2.83 bits per heavy atom. The predicted octanol–water partition coefficient (Wildman–Crippen LogP) is 5.00. The van der Waals surface area contributed by atoms with Gasteiger partial charge in [-0.05, 0) is 61.7 Å². The van der Waals surface area contributed by atoms with Gasteiger partial charge in [0, 0.05) is 23.4 Å². The predicted molar refractivity (Wildman–Crippen MR) is 92.1 cm³/mol. The molecule has 0 saturated heterocycles. The number of nitrogens with zero attached hydrogens (tertiary/aromatic N) is 1. The third-order valence-corrected chi connectivity index (χ3v) is 4.53. The van der Waals surface area contributed by atoms with Crippen molar-refractivity contribution in [2.45, 2.75) is 25.8 Å². The minimum atomic E-state index is -0.485. The van der Waals surface area contributed by atoms with E-state index in [2.05, 4.69) is 0 Å². The Morgan fingerprint density at radius 1 is 1.29 bits per heavy atom. The van der Waals surface area contributed by atoms with Crippen LogP contribution in [-0.2, 0) is 11.2 Å². The van der Waals surface area contributed by atoms with Gasteiger partial charge >= 0.3 is 0 Å². The van der Waals surface area contributed by atoms with E-state index in [1.165, 1.54) is 36.4 Å². The van der Waals surface area contributed by atoms with Gasteiger partial charge in [0.2, 0.25) is 0 Å². The van der Waals surface area contributed by atoms with Crippen LogP contribution >= 0.6 is 11.6 Å². The quantitative estimate of drug-likeness (QED) is 0.700. The molecule has 0 aromatic heterocycles. The third-order valence-electron chi connectivity index (χ3n) is 4.20. The van der Waals surface area contributed by atoms with Crippen LogP contribution in [-0.4, -0.2) is 11.9 Å². The van der Waals surface area contributed by atoms with Crippen molar-refractivity contribution in [2.24, 2.45) is 0 Å². The van der Waals surface area contributed by atoms with Gasteiger partial charge in [0.05, 0.1) is 5.02 Å². The maximum Gasteiger partial charge on any atom is 0.251 e. The van der Waals surface area contributed by atoms with Crippen molar-refractivity contribution >= 4 is 29.3 Å². The molecule has 1 aliphatic heterocycles. The first-order valence-corrected chi connectivity index (χ1v) is 8.09. The molecule has 3 rings (SSSR count). The molecule has 0 aliphatic carbocycles. The number of rotatable bonds is 2. The highest BCUT2D eigenvalue weighted by Gasteiger charge is 2.27. The molecule has 1 amide bonds. The standard InChI is InChI=1S/C19H16ClF2NO/c1-12-5-6-13-11-14(21)7-9-18(13)23(12)19(24)10-8-15-16(20)3-2-4-17(15)22/h2-4,7-12H,5-6H2,1H3/b10-8+. The zero-order valence-electron chi connectivity index (χ0n) is 13.1. The molecule has 1 heterocycles. The Labute approximate surface area is 144 Å². The number of carbonyl (C=O) groups excluding carboxylic acids is 1. The van der Waals surface area contributed by atoms with Crippen LogP contribution in [0.4, 0.5) is 14.5 Å². The summed E-state index contributed by atoms with van der Waals surface area (Å²) in [5, 5.41) is 0.244. The zero-order chi connectivity index (χ0) is 17.3. The van der Waals surface area contributed by atoms with Gasteiger partial charge in [-0.1, -0.05) is 17.7 Å². The average Bonchev–Trinajstić information content (AvgIpc) is 2.54. The SMILES string of the molecule is CC1CCc2cc(F)ccc2N1C(=O)/C=C/c1c(F)cccc1Cl. The number of benzene rings is 2. The zero-order valence-corrected chi connectivity index (χ0v) is 13.9. The van der Waals surface area contributed by atoms with Crippen LogP contribution in [0, 0.1) is 11.6 Å². The fourth-order valence-electron chi connectivity index (χ4n) is 2.96. The molecule has 24 heavy (non-hydrogen) atoms. The summed E-state index contributed by atoms with van der Waals surface area (Å²) in [7, 11) is 0. The van der Waals surface area contributed by atoms with E-state index in [4.69, 9.17) is 11.6 Å². The Morgan fingerprint density at radius 2 is 2.08 bits per heavy atom. The number of halogens is 3. The van der Waals surface area contributed by atoms with Crippen LogP contribution in [0.15, 0.2) is 42.5 Å². The Hall–Kier alpha value is -2.20. The topological polar surface area (TPSA) is 20.3 Å². The van der Waals surface area contributed by atoms with Crippen molar-refractivity contribution in [2.75, 3.05) is 4.90 Å². The molecular weight excluding hydrogens is 332 g/mol. The summed E-state index contributed by atoms with van der Waals surface area (Å²) in [4.78, 5) is 14.2. The lowest BCUT2D eigenvalue weighted by Gasteiger charge is -2.34. The molecule has 1 aliphatic rings. The van der Waals surface area contributed by atoms with E-state index in [9.17, 15) is 13.6 Å². The molecule has 124 valence electrons. The molecule has 0 fully saturated rings. The van der Waals surface area contributed by atoms with Gasteiger partial charge in [-0.3, -0.25) is 4.79 Å². The van der Waals surface area contributed by atoms with Crippen molar-refractivity contribution in [3.63, 3.8) is 0 Å². The van der Waals surface area contributed by atoms with Crippen LogP contribution in [0.2, 0.25) is 5.02 Å². The van der Waals surface area contributed by atoms with E-state index < -0.39 is 5.82 Å². The first-order chi connectivity index (χ1) is 11.5. The third kappa shape index (κ3) is 3.20. The molecule has 0 radical (unpaired) electrons. The van der Waals surface area contributed by atoms with E-state index in [1.54, 1.807) is 17.0 Å². The smallest absolute Gasteiger partial charge is 0.251 e. The summed E-state index contributed by atoms with van der Waals surface area (Å²) in [6.45, 7) is 1.94. The first-order valence-electron chi connectivity index (χ1n) is 7.71. The molecule has 0 saturated carbocycles. The van der Waals surface area contributed by atoms with Gasteiger partial charge in [0.1, 0.15) is 11.6 Å². The highest BCUT2D eigenvalue weighted by atomic mass is 35.5. The van der Waals surface area contributed by atoms with Gasteiger partial charge < -0.3 is 4.90 Å². The number of hydrogen-bond acceptors (Lipinski definition) is 1. The van der Waals surface area contributed by atoms with Gasteiger partial charge in [-0.2, -0.15) is 0 Å². The number of hydrogen-bond donors (Lipinski definition) is 0. The Bertz CT molecular complexity index is 799. The lowest BCUT2D eigenvalue weighted by atomic mass is 9.96. The van der Waals surface area contributed by atoms with Gasteiger partial charge in [-0.15, -0.1) is 0 Å². The molecule has 2 aromatic carbocycles. The maximum atomic E-state index is 13.8. The van der Waals surface area contributed by atoms with Crippen molar-refractivity contribution in [3.05, 3.63) is 70.3 Å². The number of amides is 1. The Balaban J connectivity index is 1.91. The maximum absolute atomic E-state index is 13.8. The summed E-state index contributed by atoms with van der Waals surface area (Å²) in [5.41, 5.74) is 1.68. The van der Waals surface area contributed by atoms with Gasteiger partial charge in [0.25, 0.3) is 5.91 Å². The first kappa shape index (κ1) is 16.7. The van der Waals surface area contributed by atoms with Crippen molar-refractivity contribution in [1.29, 1.82) is 0 Å². The molecule has 1 atom stereocenters. The largest absolute Gasteiger partial charge is 0.306 e. The number of aryl methyl sites for hydroxylation is 1. The van der Waals surface area contributed by atoms with Crippen LogP contribution in [0.3, 0.4) is 0 Å². The molecule has 2 nitrogen and oxygen atoms in total. The van der Waals surface area contributed by atoms with Crippen LogP contribution in [0.1, 0.15) is 24.5 Å². The number of fused-ring (bicyclic) bond motifs is 1. The molecule has 0 spiro atoms. The second kappa shape index (κ2) is 6.73. The van der Waals surface area contributed by atoms with Gasteiger partial charge in [0.15, 0.2) is 0 Å². The molecule has 0 bridgehead atoms. The normalized spacial score (nSPS) is 17.2. The summed E-state index contributed by atoms with van der Waals surface area (Å²) in [5.74, 6) is -1.08. The van der Waals surface area contributed by atoms with Crippen LogP contribution in [0.5, 0.6) is 0 Å². The highest BCUT2D eigenvalue weighted by molar-refractivity contribution is 6.32. The average molecular weight is 348 g/mol. The number of anilines is 1. The summed E-state index contributed by atoms with van der Waals surface area (Å²) >= 11 is 5.97. The van der Waals surface area contributed by atoms with E-state index >= 15 is 0 Å². The molecule has 0 N–H and O–H groups in total. The fourth-order valence-corrected chi connectivity index (χ4v) is 3.19. The molecule has 5 heteroatoms. The second-order valence-electron chi connectivity index (χ2n) is 5.84. The molecule has 2 aromatic rings. The van der Waals surface area contributed by atoms with Gasteiger partial charge in [-0.25, -0.2) is 8.78 Å². The van der Waals surface area contributed by atoms with Crippen molar-refractivity contribution in [3.8, 4) is 0 Å². The minimum absolute atomic E-state index is 0.0174. The fraction of sp³-hybridized carbons (Fsp3) is 0.211. The lowest BCUT2D eigenvalue weighted by Crippen LogP contribution is -2.41. The van der Waals surface area contributed by atoms with E-state index in [-0.39, 0.29) is 28.4 Å².